The zero-order chi connectivity index (χ0) is 29.5. The van der Waals surface area contributed by atoms with Crippen LogP contribution in [0.1, 0.15) is 55.3 Å². The van der Waals surface area contributed by atoms with E-state index in [9.17, 15) is 22.8 Å². The molecule has 3 aromatic rings. The van der Waals surface area contributed by atoms with Crippen LogP contribution >= 0.6 is 11.8 Å². The summed E-state index contributed by atoms with van der Waals surface area (Å²) in [6.07, 6.45) is 2.12. The van der Waals surface area contributed by atoms with Crippen LogP contribution in [0.25, 0.3) is 5.69 Å². The summed E-state index contributed by atoms with van der Waals surface area (Å²) in [7, 11) is 0. The first-order valence-electron chi connectivity index (χ1n) is 14.4. The number of nitrogens with zero attached hydrogens (tertiary/aromatic N) is 3. The zero-order valence-electron chi connectivity index (χ0n) is 23.4. The zero-order valence-corrected chi connectivity index (χ0v) is 24.2. The number of carbonyl (C=O) groups is 1. The Kier molecular flexibility index (Phi) is 9.89. The van der Waals surface area contributed by atoms with E-state index >= 15 is 0 Å². The summed E-state index contributed by atoms with van der Waals surface area (Å²) in [4.78, 5) is 33.3. The number of alkyl halides is 3. The first kappa shape index (κ1) is 30.2. The van der Waals surface area contributed by atoms with Crippen LogP contribution in [0.4, 0.5) is 13.2 Å². The Morgan fingerprint density at radius 3 is 2.50 bits per heavy atom. The molecule has 7 nitrogen and oxygen atoms in total. The largest absolute Gasteiger partial charge is 0.494 e. The molecule has 2 heterocycles. The van der Waals surface area contributed by atoms with Crippen molar-refractivity contribution in [1.82, 2.24) is 19.8 Å². The molecule has 0 atom stereocenters. The van der Waals surface area contributed by atoms with Gasteiger partial charge in [0.25, 0.3) is 5.56 Å². The number of hydrogen-bond acceptors (Lipinski definition) is 6. The van der Waals surface area contributed by atoms with Crippen LogP contribution in [-0.4, -0.2) is 51.8 Å². The van der Waals surface area contributed by atoms with Gasteiger partial charge in [0, 0.05) is 18.2 Å². The number of halogens is 3. The fourth-order valence-electron chi connectivity index (χ4n) is 4.96. The summed E-state index contributed by atoms with van der Waals surface area (Å²) in [5, 5.41) is 4.42. The van der Waals surface area contributed by atoms with Crippen LogP contribution < -0.4 is 15.6 Å². The lowest BCUT2D eigenvalue weighted by molar-refractivity contribution is -0.137. The molecule has 2 aromatic carbocycles. The summed E-state index contributed by atoms with van der Waals surface area (Å²) in [5.74, 6) is 0.360. The van der Waals surface area contributed by atoms with E-state index in [0.717, 1.165) is 60.8 Å². The predicted molar refractivity (Wildman–Crippen MR) is 156 cm³/mol. The normalized spacial score (nSPS) is 15.3. The highest BCUT2D eigenvalue weighted by Crippen LogP contribution is 2.36. The van der Waals surface area contributed by atoms with Gasteiger partial charge in [-0.25, -0.2) is 4.98 Å². The Hall–Kier alpha value is -3.31. The van der Waals surface area contributed by atoms with Gasteiger partial charge in [0.15, 0.2) is 5.16 Å². The van der Waals surface area contributed by atoms with Crippen LogP contribution in [0.15, 0.2) is 64.5 Å². The number of unbranched alkanes of at least 4 members (excludes halogenated alkanes) is 2. The van der Waals surface area contributed by atoms with E-state index in [4.69, 9.17) is 9.72 Å². The summed E-state index contributed by atoms with van der Waals surface area (Å²) in [5.41, 5.74) is 1.37. The predicted octanol–water partition coefficient (Wildman–Crippen LogP) is 5.62. The van der Waals surface area contributed by atoms with Gasteiger partial charge >= 0.3 is 6.18 Å². The van der Waals surface area contributed by atoms with Crippen molar-refractivity contribution in [3.8, 4) is 11.4 Å². The Labute approximate surface area is 247 Å². The van der Waals surface area contributed by atoms with Crippen LogP contribution in [0, 0.1) is 0 Å². The van der Waals surface area contributed by atoms with E-state index in [-0.39, 0.29) is 24.6 Å². The summed E-state index contributed by atoms with van der Waals surface area (Å²) in [6.45, 7) is 2.04. The van der Waals surface area contributed by atoms with Gasteiger partial charge in [0.1, 0.15) is 5.75 Å². The lowest BCUT2D eigenvalue weighted by Crippen LogP contribution is -2.44. The second-order valence-electron chi connectivity index (χ2n) is 10.6. The fourth-order valence-corrected chi connectivity index (χ4v) is 6.28. The molecule has 11 heteroatoms. The van der Waals surface area contributed by atoms with Gasteiger partial charge in [-0.15, -0.1) is 0 Å². The molecular formula is C31H35F3N4O3S. The van der Waals surface area contributed by atoms with Crippen LogP contribution in [0.5, 0.6) is 5.75 Å². The van der Waals surface area contributed by atoms with Gasteiger partial charge in [-0.05, 0) is 75.0 Å². The number of nitrogens with one attached hydrogen (secondary N) is 1. The average Bonchev–Trinajstić information content (AvgIpc) is 2.96. The third kappa shape index (κ3) is 7.55. The molecule has 0 saturated heterocycles. The third-order valence-corrected chi connectivity index (χ3v) is 8.90. The number of fused-ring (bicyclic) bond motifs is 1. The van der Waals surface area contributed by atoms with E-state index in [0.29, 0.717) is 42.7 Å². The van der Waals surface area contributed by atoms with Crippen molar-refractivity contribution in [3.05, 3.63) is 81.8 Å². The average molecular weight is 601 g/mol. The highest BCUT2D eigenvalue weighted by atomic mass is 32.2. The molecule has 1 aromatic heterocycles. The Balaban J connectivity index is 1.07. The van der Waals surface area contributed by atoms with E-state index in [2.05, 4.69) is 5.32 Å². The molecule has 5 rings (SSSR count). The minimum Gasteiger partial charge on any atom is -0.494 e. The van der Waals surface area contributed by atoms with Gasteiger partial charge in [-0.2, -0.15) is 13.2 Å². The van der Waals surface area contributed by atoms with Crippen molar-refractivity contribution in [1.29, 1.82) is 0 Å². The number of hydrogen-bond donors (Lipinski definition) is 1. The highest BCUT2D eigenvalue weighted by molar-refractivity contribution is 7.99. The molecule has 0 radical (unpaired) electrons. The molecule has 224 valence electrons. The monoisotopic (exact) mass is 600 g/mol. The number of para-hydroxylation sites is 1. The van der Waals surface area contributed by atoms with Crippen molar-refractivity contribution >= 4 is 17.7 Å². The Morgan fingerprint density at radius 2 is 1.81 bits per heavy atom. The van der Waals surface area contributed by atoms with Crippen molar-refractivity contribution in [2.45, 2.75) is 68.1 Å². The number of ether oxygens (including phenoxy) is 1. The third-order valence-electron chi connectivity index (χ3n) is 7.61. The van der Waals surface area contributed by atoms with Crippen LogP contribution in [0.2, 0.25) is 0 Å². The van der Waals surface area contributed by atoms with Gasteiger partial charge in [0.2, 0.25) is 5.91 Å². The van der Waals surface area contributed by atoms with E-state index in [1.54, 1.807) is 21.2 Å². The summed E-state index contributed by atoms with van der Waals surface area (Å²) in [6, 6.07) is 14.2. The van der Waals surface area contributed by atoms with Crippen LogP contribution in [-0.2, 0) is 23.9 Å². The molecule has 1 amide bonds. The number of thioether (sulfide) groups is 1. The van der Waals surface area contributed by atoms with Crippen molar-refractivity contribution in [3.63, 3.8) is 0 Å². The van der Waals surface area contributed by atoms with Crippen molar-refractivity contribution < 1.29 is 22.7 Å². The highest BCUT2D eigenvalue weighted by Gasteiger charge is 2.30. The number of amides is 1. The Morgan fingerprint density at radius 1 is 1.05 bits per heavy atom. The van der Waals surface area contributed by atoms with Gasteiger partial charge in [-0.3, -0.25) is 14.2 Å². The minimum atomic E-state index is -4.36. The molecule has 1 aliphatic carbocycles. The maximum atomic E-state index is 13.7. The lowest BCUT2D eigenvalue weighted by atomic mass is 10.0. The summed E-state index contributed by atoms with van der Waals surface area (Å²) >= 11 is 1.68. The number of benzene rings is 2. The fraction of sp³-hybridized carbons (Fsp3) is 0.452. The minimum absolute atomic E-state index is 0.0510. The van der Waals surface area contributed by atoms with Gasteiger partial charge in [-0.1, -0.05) is 36.4 Å². The molecule has 1 aliphatic heterocycles. The van der Waals surface area contributed by atoms with Gasteiger partial charge < -0.3 is 15.0 Å². The maximum Gasteiger partial charge on any atom is 0.416 e. The number of rotatable bonds is 12. The smallest absolute Gasteiger partial charge is 0.416 e. The SMILES string of the molecule is O=C(CNCCCCCOc1ccc(C(F)(F)F)cc1)N1CCc2nc(SC3CCC3)n(-c3ccccc3)c(=O)c2C1. The Bertz CT molecular complexity index is 1410. The molecule has 1 fully saturated rings. The topological polar surface area (TPSA) is 76.5 Å². The molecule has 0 spiro atoms. The number of aromatic nitrogens is 2. The quantitative estimate of drug-likeness (QED) is 0.215. The molecule has 0 bridgehead atoms. The standard InChI is InChI=1S/C31H35F3N4O3S/c32-31(33,34)22-12-14-24(15-13-22)41-19-6-2-5-17-35-20-28(39)37-18-16-27-26(21-37)29(40)38(23-8-3-1-4-9-23)30(36-27)42-25-10-7-11-25/h1,3-4,8-9,12-15,25,35H,2,5-7,10-11,16-21H2. The van der Waals surface area contributed by atoms with Crippen LogP contribution in [0.3, 0.4) is 0 Å². The van der Waals surface area contributed by atoms with Crippen molar-refractivity contribution in [2.24, 2.45) is 0 Å². The van der Waals surface area contributed by atoms with E-state index < -0.39 is 11.7 Å². The van der Waals surface area contributed by atoms with E-state index in [1.165, 1.54) is 18.6 Å². The second kappa shape index (κ2) is 13.8. The molecule has 42 heavy (non-hydrogen) atoms. The summed E-state index contributed by atoms with van der Waals surface area (Å²) < 4.78 is 45.2. The van der Waals surface area contributed by atoms with E-state index in [1.807, 2.05) is 30.3 Å². The first-order chi connectivity index (χ1) is 20.3. The number of carbonyl (C=O) groups excluding carboxylic acids is 1. The lowest BCUT2D eigenvalue weighted by Gasteiger charge is -2.30. The first-order valence-corrected chi connectivity index (χ1v) is 15.3. The molecular weight excluding hydrogens is 565 g/mol. The molecule has 2 aliphatic rings. The maximum absolute atomic E-state index is 13.7. The molecule has 0 unspecified atom stereocenters. The molecule has 1 saturated carbocycles. The molecule has 1 N–H and O–H groups in total. The van der Waals surface area contributed by atoms with Gasteiger partial charge in [0.05, 0.1) is 42.2 Å². The van der Waals surface area contributed by atoms with Crippen molar-refractivity contribution in [2.75, 3.05) is 26.2 Å². The second-order valence-corrected chi connectivity index (χ2v) is 11.9.